The molecule has 2 aliphatic heterocycles. The lowest BCUT2D eigenvalue weighted by atomic mass is 9.96. The van der Waals surface area contributed by atoms with Crippen LogP contribution in [0.15, 0.2) is 12.4 Å². The third-order valence-electron chi connectivity index (χ3n) is 5.90. The molecule has 27 heavy (non-hydrogen) atoms. The van der Waals surface area contributed by atoms with Crippen LogP contribution in [0.1, 0.15) is 32.6 Å². The molecular formula is C20H34N6O. The minimum Gasteiger partial charge on any atom is -0.359 e. The Balaban J connectivity index is 1.52. The number of aromatic nitrogens is 2. The lowest BCUT2D eigenvalue weighted by Gasteiger charge is -2.34. The van der Waals surface area contributed by atoms with Crippen molar-refractivity contribution < 1.29 is 4.79 Å². The van der Waals surface area contributed by atoms with E-state index in [0.29, 0.717) is 12.5 Å². The number of anilines is 2. The van der Waals surface area contributed by atoms with Gasteiger partial charge in [0.05, 0.1) is 6.54 Å². The lowest BCUT2D eigenvalue weighted by Crippen LogP contribution is -2.42. The number of piperidine rings is 2. The van der Waals surface area contributed by atoms with Crippen molar-refractivity contribution in [2.45, 2.75) is 32.6 Å². The van der Waals surface area contributed by atoms with Crippen LogP contribution in [0.25, 0.3) is 0 Å². The van der Waals surface area contributed by atoms with Crippen LogP contribution in [0, 0.1) is 11.8 Å². The van der Waals surface area contributed by atoms with Crippen molar-refractivity contribution >= 4 is 17.5 Å². The summed E-state index contributed by atoms with van der Waals surface area (Å²) in [5.41, 5.74) is 0. The Morgan fingerprint density at radius 3 is 2.74 bits per heavy atom. The summed E-state index contributed by atoms with van der Waals surface area (Å²) in [4.78, 5) is 27.5. The molecule has 1 atom stereocenters. The predicted octanol–water partition coefficient (Wildman–Crippen LogP) is 1.61. The van der Waals surface area contributed by atoms with Gasteiger partial charge in [-0.1, -0.05) is 6.92 Å². The van der Waals surface area contributed by atoms with Crippen LogP contribution >= 0.6 is 0 Å². The zero-order valence-electron chi connectivity index (χ0n) is 17.0. The number of hydrogen-bond acceptors (Lipinski definition) is 6. The largest absolute Gasteiger partial charge is 0.359 e. The van der Waals surface area contributed by atoms with Crippen LogP contribution in [0.5, 0.6) is 0 Å². The first kappa shape index (κ1) is 19.9. The number of nitrogens with zero attached hydrogens (tertiary/aromatic N) is 5. The summed E-state index contributed by atoms with van der Waals surface area (Å²) in [6.45, 7) is 8.00. The van der Waals surface area contributed by atoms with E-state index >= 15 is 0 Å². The fraction of sp³-hybridized carbons (Fsp3) is 0.750. The molecule has 0 bridgehead atoms. The van der Waals surface area contributed by atoms with E-state index in [4.69, 9.17) is 0 Å². The zero-order valence-corrected chi connectivity index (χ0v) is 17.0. The van der Waals surface area contributed by atoms with Gasteiger partial charge in [0, 0.05) is 39.8 Å². The fourth-order valence-electron chi connectivity index (χ4n) is 4.21. The van der Waals surface area contributed by atoms with Crippen LogP contribution in [0.3, 0.4) is 0 Å². The van der Waals surface area contributed by atoms with Crippen molar-refractivity contribution in [3.8, 4) is 0 Å². The van der Waals surface area contributed by atoms with Crippen LogP contribution in [0.4, 0.5) is 11.6 Å². The summed E-state index contributed by atoms with van der Waals surface area (Å²) in [5.74, 6) is 3.54. The molecule has 1 unspecified atom stereocenters. The SMILES string of the molecule is CNC(=O)CN1CCC(CN(C)c2cc(N3CCCC(C)C3)ncn2)CC1. The summed E-state index contributed by atoms with van der Waals surface area (Å²) >= 11 is 0. The zero-order chi connectivity index (χ0) is 19.2. The molecule has 1 aromatic heterocycles. The molecule has 0 aliphatic carbocycles. The molecule has 1 amide bonds. The predicted molar refractivity (Wildman–Crippen MR) is 109 cm³/mol. The molecule has 2 aliphatic rings. The van der Waals surface area contributed by atoms with Gasteiger partial charge in [0.25, 0.3) is 0 Å². The second-order valence-corrected chi connectivity index (χ2v) is 8.20. The van der Waals surface area contributed by atoms with E-state index in [1.807, 2.05) is 0 Å². The van der Waals surface area contributed by atoms with E-state index in [1.165, 1.54) is 12.8 Å². The Bertz CT molecular complexity index is 616. The highest BCUT2D eigenvalue weighted by molar-refractivity contribution is 5.77. The van der Waals surface area contributed by atoms with Gasteiger partial charge in [-0.15, -0.1) is 0 Å². The average Bonchev–Trinajstić information content (AvgIpc) is 2.69. The molecule has 7 heteroatoms. The van der Waals surface area contributed by atoms with Gasteiger partial charge >= 0.3 is 0 Å². The second-order valence-electron chi connectivity index (χ2n) is 8.20. The topological polar surface area (TPSA) is 64.6 Å². The Morgan fingerprint density at radius 2 is 2.04 bits per heavy atom. The lowest BCUT2D eigenvalue weighted by molar-refractivity contribution is -0.122. The molecular weight excluding hydrogens is 340 g/mol. The van der Waals surface area contributed by atoms with Gasteiger partial charge in [-0.2, -0.15) is 0 Å². The van der Waals surface area contributed by atoms with Crippen molar-refractivity contribution in [2.75, 3.05) is 63.2 Å². The number of rotatable bonds is 6. The van der Waals surface area contributed by atoms with Gasteiger partial charge in [0.1, 0.15) is 18.0 Å². The van der Waals surface area contributed by atoms with E-state index < -0.39 is 0 Å². The second kappa shape index (κ2) is 9.35. The molecule has 3 heterocycles. The maximum absolute atomic E-state index is 11.5. The average molecular weight is 375 g/mol. The van der Waals surface area contributed by atoms with Crippen molar-refractivity contribution in [2.24, 2.45) is 11.8 Å². The van der Waals surface area contributed by atoms with Crippen LogP contribution in [-0.2, 0) is 4.79 Å². The van der Waals surface area contributed by atoms with E-state index in [2.05, 4.69) is 50.0 Å². The number of likely N-dealkylation sites (tertiary alicyclic amines) is 1. The standard InChI is InChI=1S/C20H34N6O/c1-16-5-4-8-26(12-16)19-11-18(22-15-23-19)24(3)13-17-6-9-25(10-7-17)14-20(27)21-2/h11,15-17H,4-10,12-14H2,1-3H3,(H,21,27). The number of amides is 1. The summed E-state index contributed by atoms with van der Waals surface area (Å²) in [7, 11) is 3.83. The van der Waals surface area contributed by atoms with Crippen LogP contribution in [-0.4, -0.2) is 74.1 Å². The van der Waals surface area contributed by atoms with Crippen LogP contribution < -0.4 is 15.1 Å². The van der Waals surface area contributed by atoms with Crippen molar-refractivity contribution in [1.29, 1.82) is 0 Å². The van der Waals surface area contributed by atoms with Gasteiger partial charge in [-0.3, -0.25) is 9.69 Å². The summed E-state index contributed by atoms with van der Waals surface area (Å²) in [5, 5.41) is 2.71. The molecule has 0 saturated carbocycles. The summed E-state index contributed by atoms with van der Waals surface area (Å²) in [6, 6.07) is 2.14. The number of hydrogen-bond donors (Lipinski definition) is 1. The number of nitrogens with one attached hydrogen (secondary N) is 1. The van der Waals surface area contributed by atoms with Gasteiger partial charge in [-0.05, 0) is 50.6 Å². The minimum atomic E-state index is 0.103. The van der Waals surface area contributed by atoms with E-state index in [0.717, 1.165) is 63.1 Å². The van der Waals surface area contributed by atoms with Crippen molar-refractivity contribution in [1.82, 2.24) is 20.2 Å². The summed E-state index contributed by atoms with van der Waals surface area (Å²) in [6.07, 6.45) is 6.51. The Hall–Kier alpha value is -1.89. The highest BCUT2D eigenvalue weighted by atomic mass is 16.1. The first-order chi connectivity index (χ1) is 13.0. The minimum absolute atomic E-state index is 0.103. The normalized spacial score (nSPS) is 21.9. The highest BCUT2D eigenvalue weighted by Crippen LogP contribution is 2.25. The molecule has 2 saturated heterocycles. The van der Waals surface area contributed by atoms with Gasteiger partial charge in [0.2, 0.25) is 5.91 Å². The Morgan fingerprint density at radius 1 is 1.26 bits per heavy atom. The Labute approximate surface area is 163 Å². The van der Waals surface area contributed by atoms with Gasteiger partial charge < -0.3 is 15.1 Å². The number of carbonyl (C=O) groups excluding carboxylic acids is 1. The molecule has 0 aromatic carbocycles. The third kappa shape index (κ3) is 5.54. The highest BCUT2D eigenvalue weighted by Gasteiger charge is 2.23. The third-order valence-corrected chi connectivity index (χ3v) is 5.90. The fourth-order valence-corrected chi connectivity index (χ4v) is 4.21. The maximum atomic E-state index is 11.5. The van der Waals surface area contributed by atoms with Crippen molar-refractivity contribution in [3.63, 3.8) is 0 Å². The van der Waals surface area contributed by atoms with Crippen molar-refractivity contribution in [3.05, 3.63) is 12.4 Å². The molecule has 0 spiro atoms. The molecule has 150 valence electrons. The molecule has 0 radical (unpaired) electrons. The molecule has 1 aromatic rings. The van der Waals surface area contributed by atoms with Crippen LogP contribution in [0.2, 0.25) is 0 Å². The molecule has 3 rings (SSSR count). The van der Waals surface area contributed by atoms with Gasteiger partial charge in [0.15, 0.2) is 0 Å². The smallest absolute Gasteiger partial charge is 0.233 e. The first-order valence-corrected chi connectivity index (χ1v) is 10.3. The maximum Gasteiger partial charge on any atom is 0.233 e. The van der Waals surface area contributed by atoms with Gasteiger partial charge in [-0.25, -0.2) is 9.97 Å². The van der Waals surface area contributed by atoms with E-state index in [-0.39, 0.29) is 5.91 Å². The molecule has 2 fully saturated rings. The first-order valence-electron chi connectivity index (χ1n) is 10.3. The molecule has 7 nitrogen and oxygen atoms in total. The number of carbonyl (C=O) groups is 1. The van der Waals surface area contributed by atoms with E-state index in [1.54, 1.807) is 13.4 Å². The molecule has 1 N–H and O–H groups in total. The summed E-state index contributed by atoms with van der Waals surface area (Å²) < 4.78 is 0. The van der Waals surface area contributed by atoms with E-state index in [9.17, 15) is 4.79 Å². The monoisotopic (exact) mass is 374 g/mol. The Kier molecular flexibility index (Phi) is 6.88. The number of likely N-dealkylation sites (N-methyl/N-ethyl adjacent to an activating group) is 1. The quantitative estimate of drug-likeness (QED) is 0.816.